The van der Waals surface area contributed by atoms with E-state index in [-0.39, 0.29) is 0 Å². The zero-order valence-electron chi connectivity index (χ0n) is 10.7. The van der Waals surface area contributed by atoms with Crippen LogP contribution in [-0.2, 0) is 0 Å². The maximum absolute atomic E-state index is 10.1. The molecule has 0 aliphatic heterocycles. The van der Waals surface area contributed by atoms with Crippen LogP contribution < -0.4 is 0 Å². The van der Waals surface area contributed by atoms with Gasteiger partial charge in [-0.25, -0.2) is 0 Å². The smallest absolute Gasteiger partial charge is 0.0802 e. The van der Waals surface area contributed by atoms with Gasteiger partial charge in [-0.1, -0.05) is 37.6 Å². The van der Waals surface area contributed by atoms with Crippen LogP contribution in [-0.4, -0.2) is 29.6 Å². The first-order chi connectivity index (χ1) is 8.17. The van der Waals surface area contributed by atoms with Crippen molar-refractivity contribution >= 4 is 11.6 Å². The van der Waals surface area contributed by atoms with Crippen LogP contribution in [0.5, 0.6) is 0 Å². The molecule has 2 nitrogen and oxygen atoms in total. The maximum Gasteiger partial charge on any atom is 0.0802 e. The lowest BCUT2D eigenvalue weighted by Gasteiger charge is -2.21. The number of aliphatic hydroxyl groups excluding tert-OH is 1. The van der Waals surface area contributed by atoms with Gasteiger partial charge < -0.3 is 10.0 Å². The zero-order valence-corrected chi connectivity index (χ0v) is 11.5. The highest BCUT2D eigenvalue weighted by atomic mass is 35.5. The van der Waals surface area contributed by atoms with Gasteiger partial charge in [-0.2, -0.15) is 0 Å². The maximum atomic E-state index is 10.1. The van der Waals surface area contributed by atoms with Crippen molar-refractivity contribution in [1.29, 1.82) is 0 Å². The van der Waals surface area contributed by atoms with Crippen LogP contribution in [0.4, 0.5) is 0 Å². The third kappa shape index (κ3) is 5.07. The number of nitrogens with zero attached hydrogens (tertiary/aromatic N) is 1. The average molecular weight is 256 g/mol. The molecule has 0 aliphatic rings. The Morgan fingerprint density at radius 3 is 2.65 bits per heavy atom. The summed E-state index contributed by atoms with van der Waals surface area (Å²) >= 11 is 5.91. The zero-order chi connectivity index (χ0) is 12.7. The van der Waals surface area contributed by atoms with Gasteiger partial charge in [0.05, 0.1) is 6.10 Å². The van der Waals surface area contributed by atoms with Crippen LogP contribution in [0.3, 0.4) is 0 Å². The molecule has 96 valence electrons. The van der Waals surface area contributed by atoms with Crippen molar-refractivity contribution in [3.63, 3.8) is 0 Å². The number of halogens is 1. The SMILES string of the molecule is CCCN(CC)CCC(O)c1cccc(Cl)c1. The number of benzene rings is 1. The molecule has 0 fully saturated rings. The van der Waals surface area contributed by atoms with Crippen LogP contribution in [0.25, 0.3) is 0 Å². The number of hydrogen-bond acceptors (Lipinski definition) is 2. The Kier molecular flexibility index (Phi) is 6.56. The van der Waals surface area contributed by atoms with Gasteiger partial charge >= 0.3 is 0 Å². The molecule has 0 heterocycles. The molecular formula is C14H22ClNO. The Morgan fingerprint density at radius 1 is 1.29 bits per heavy atom. The standard InChI is InChI=1S/C14H22ClNO/c1-3-9-16(4-2)10-8-14(17)12-6-5-7-13(15)11-12/h5-7,11,14,17H,3-4,8-10H2,1-2H3. The van der Waals surface area contributed by atoms with E-state index in [1.807, 2.05) is 24.3 Å². The van der Waals surface area contributed by atoms with E-state index in [4.69, 9.17) is 11.6 Å². The molecule has 1 N–H and O–H groups in total. The normalized spacial score (nSPS) is 13.0. The van der Waals surface area contributed by atoms with Crippen molar-refractivity contribution in [2.75, 3.05) is 19.6 Å². The molecule has 1 aromatic rings. The van der Waals surface area contributed by atoms with Crippen molar-refractivity contribution in [3.8, 4) is 0 Å². The van der Waals surface area contributed by atoms with E-state index in [1.165, 1.54) is 0 Å². The molecule has 17 heavy (non-hydrogen) atoms. The fraction of sp³-hybridized carbons (Fsp3) is 0.571. The van der Waals surface area contributed by atoms with Gasteiger partial charge in [-0.3, -0.25) is 0 Å². The van der Waals surface area contributed by atoms with Crippen LogP contribution in [0.15, 0.2) is 24.3 Å². The third-order valence-electron chi connectivity index (χ3n) is 2.94. The second-order valence-electron chi connectivity index (χ2n) is 4.29. The second kappa shape index (κ2) is 7.70. The van der Waals surface area contributed by atoms with E-state index < -0.39 is 6.10 Å². The number of aliphatic hydroxyl groups is 1. The molecule has 1 atom stereocenters. The number of hydrogen-bond donors (Lipinski definition) is 1. The molecule has 0 saturated carbocycles. The van der Waals surface area contributed by atoms with E-state index in [1.54, 1.807) is 0 Å². The lowest BCUT2D eigenvalue weighted by molar-refractivity contribution is 0.143. The predicted molar refractivity (Wildman–Crippen MR) is 73.4 cm³/mol. The van der Waals surface area contributed by atoms with Crippen molar-refractivity contribution < 1.29 is 5.11 Å². The fourth-order valence-electron chi connectivity index (χ4n) is 1.93. The summed E-state index contributed by atoms with van der Waals surface area (Å²) in [5, 5.41) is 10.8. The fourth-order valence-corrected chi connectivity index (χ4v) is 2.13. The minimum Gasteiger partial charge on any atom is -0.388 e. The molecule has 1 unspecified atom stereocenters. The Morgan fingerprint density at radius 2 is 2.06 bits per heavy atom. The summed E-state index contributed by atoms with van der Waals surface area (Å²) < 4.78 is 0. The van der Waals surface area contributed by atoms with E-state index in [0.29, 0.717) is 5.02 Å². The lowest BCUT2D eigenvalue weighted by atomic mass is 10.1. The molecular weight excluding hydrogens is 234 g/mol. The highest BCUT2D eigenvalue weighted by molar-refractivity contribution is 6.30. The average Bonchev–Trinajstić information content (AvgIpc) is 2.34. The monoisotopic (exact) mass is 255 g/mol. The van der Waals surface area contributed by atoms with Gasteiger partial charge in [-0.05, 0) is 43.6 Å². The van der Waals surface area contributed by atoms with Gasteiger partial charge in [0.1, 0.15) is 0 Å². The quantitative estimate of drug-likeness (QED) is 0.806. The Balaban J connectivity index is 2.46. The predicted octanol–water partition coefficient (Wildman–Crippen LogP) is 3.50. The molecule has 0 aliphatic carbocycles. The van der Waals surface area contributed by atoms with Crippen LogP contribution in [0.1, 0.15) is 38.4 Å². The summed E-state index contributed by atoms with van der Waals surface area (Å²) in [6.07, 6.45) is 1.49. The highest BCUT2D eigenvalue weighted by Gasteiger charge is 2.10. The highest BCUT2D eigenvalue weighted by Crippen LogP contribution is 2.20. The first kappa shape index (κ1) is 14.5. The lowest BCUT2D eigenvalue weighted by Crippen LogP contribution is -2.26. The van der Waals surface area contributed by atoms with Gasteiger partial charge in [0.2, 0.25) is 0 Å². The topological polar surface area (TPSA) is 23.5 Å². The van der Waals surface area contributed by atoms with Gasteiger partial charge in [-0.15, -0.1) is 0 Å². The summed E-state index contributed by atoms with van der Waals surface area (Å²) in [5.41, 5.74) is 0.907. The van der Waals surface area contributed by atoms with Crippen molar-refractivity contribution in [1.82, 2.24) is 4.90 Å². The summed E-state index contributed by atoms with van der Waals surface area (Å²) in [7, 11) is 0. The molecule has 1 aromatic carbocycles. The summed E-state index contributed by atoms with van der Waals surface area (Å²) in [5.74, 6) is 0. The Bertz CT molecular complexity index is 330. The third-order valence-corrected chi connectivity index (χ3v) is 3.17. The molecule has 0 saturated heterocycles. The second-order valence-corrected chi connectivity index (χ2v) is 4.73. The van der Waals surface area contributed by atoms with Gasteiger partial charge in [0.25, 0.3) is 0 Å². The minimum absolute atomic E-state index is 0.417. The summed E-state index contributed by atoms with van der Waals surface area (Å²) in [6.45, 7) is 7.39. The molecule has 0 bridgehead atoms. The van der Waals surface area contributed by atoms with Gasteiger partial charge in [0, 0.05) is 11.6 Å². The molecule has 0 aromatic heterocycles. The first-order valence-corrected chi connectivity index (χ1v) is 6.71. The van der Waals surface area contributed by atoms with Crippen LogP contribution in [0.2, 0.25) is 5.02 Å². The molecule has 0 radical (unpaired) electrons. The minimum atomic E-state index is -0.417. The van der Waals surface area contributed by atoms with Crippen molar-refractivity contribution in [2.24, 2.45) is 0 Å². The molecule has 1 rings (SSSR count). The molecule has 0 amide bonds. The van der Waals surface area contributed by atoms with E-state index >= 15 is 0 Å². The van der Waals surface area contributed by atoms with Crippen molar-refractivity contribution in [2.45, 2.75) is 32.8 Å². The number of rotatable bonds is 7. The van der Waals surface area contributed by atoms with Gasteiger partial charge in [0.15, 0.2) is 0 Å². The van der Waals surface area contributed by atoms with Crippen molar-refractivity contribution in [3.05, 3.63) is 34.9 Å². The molecule has 0 spiro atoms. The van der Waals surface area contributed by atoms with E-state index in [9.17, 15) is 5.11 Å². The first-order valence-electron chi connectivity index (χ1n) is 6.33. The summed E-state index contributed by atoms with van der Waals surface area (Å²) in [6, 6.07) is 7.46. The Hall–Kier alpha value is -0.570. The van der Waals surface area contributed by atoms with Crippen LogP contribution >= 0.6 is 11.6 Å². The summed E-state index contributed by atoms with van der Waals surface area (Å²) in [4.78, 5) is 2.35. The largest absolute Gasteiger partial charge is 0.388 e. The van der Waals surface area contributed by atoms with Crippen LogP contribution in [0, 0.1) is 0 Å². The van der Waals surface area contributed by atoms with E-state index in [0.717, 1.165) is 38.0 Å². The van der Waals surface area contributed by atoms with E-state index in [2.05, 4.69) is 18.7 Å². The Labute approximate surface area is 109 Å². The molecule has 3 heteroatoms.